The van der Waals surface area contributed by atoms with Gasteiger partial charge in [0.1, 0.15) is 11.6 Å². The molecule has 0 spiro atoms. The second-order valence-electron chi connectivity index (χ2n) is 7.38. The second-order valence-corrected chi connectivity index (χ2v) is 7.79. The van der Waals surface area contributed by atoms with Crippen LogP contribution in [0.15, 0.2) is 30.6 Å². The molecule has 0 bridgehead atoms. The Morgan fingerprint density at radius 1 is 1.10 bits per heavy atom. The maximum Gasteiger partial charge on any atom is 0.255 e. The molecular formula is C21H26ClN5O2. The summed E-state index contributed by atoms with van der Waals surface area (Å²) in [4.78, 5) is 25.6. The number of hydrogen-bond acceptors (Lipinski definition) is 6. The van der Waals surface area contributed by atoms with Crippen molar-refractivity contribution in [3.63, 3.8) is 0 Å². The second kappa shape index (κ2) is 9.41. The highest BCUT2D eigenvalue weighted by molar-refractivity contribution is 6.33. The highest BCUT2D eigenvalue weighted by Gasteiger charge is 2.20. The van der Waals surface area contributed by atoms with Crippen LogP contribution in [0.4, 0.5) is 11.6 Å². The molecule has 0 radical (unpaired) electrons. The van der Waals surface area contributed by atoms with Crippen LogP contribution >= 0.6 is 11.6 Å². The molecule has 4 rings (SSSR count). The summed E-state index contributed by atoms with van der Waals surface area (Å²) in [6.07, 6.45) is 7.17. The van der Waals surface area contributed by atoms with Crippen LogP contribution in [-0.2, 0) is 11.3 Å². The average molecular weight is 416 g/mol. The first kappa shape index (κ1) is 19.9. The molecule has 154 valence electrons. The van der Waals surface area contributed by atoms with Gasteiger partial charge in [-0.2, -0.15) is 0 Å². The quantitative estimate of drug-likeness (QED) is 0.808. The predicted molar refractivity (Wildman–Crippen MR) is 114 cm³/mol. The molecule has 0 aliphatic carbocycles. The fraction of sp³-hybridized carbons (Fsp3) is 0.476. The third-order valence-electron chi connectivity index (χ3n) is 5.34. The minimum absolute atomic E-state index is 0.0606. The van der Waals surface area contributed by atoms with Gasteiger partial charge in [0, 0.05) is 45.1 Å². The Kier molecular flexibility index (Phi) is 6.46. The van der Waals surface area contributed by atoms with Crippen LogP contribution in [0.25, 0.3) is 0 Å². The minimum atomic E-state index is -0.0606. The van der Waals surface area contributed by atoms with Crippen molar-refractivity contribution in [1.82, 2.24) is 14.9 Å². The largest absolute Gasteiger partial charge is 0.378 e. The molecular weight excluding hydrogens is 390 g/mol. The lowest BCUT2D eigenvalue weighted by Gasteiger charge is -2.28. The first-order valence-electron chi connectivity index (χ1n) is 10.2. The van der Waals surface area contributed by atoms with Crippen molar-refractivity contribution in [2.75, 3.05) is 49.6 Å². The fourth-order valence-electron chi connectivity index (χ4n) is 3.69. The van der Waals surface area contributed by atoms with E-state index in [0.717, 1.165) is 24.5 Å². The monoisotopic (exact) mass is 415 g/mol. The topological polar surface area (TPSA) is 70.6 Å². The van der Waals surface area contributed by atoms with Crippen molar-refractivity contribution >= 4 is 29.1 Å². The Morgan fingerprint density at radius 3 is 2.66 bits per heavy atom. The van der Waals surface area contributed by atoms with Crippen LogP contribution in [-0.4, -0.2) is 60.2 Å². The molecule has 2 aromatic heterocycles. The summed E-state index contributed by atoms with van der Waals surface area (Å²) in [5.74, 6) is 1.53. The highest BCUT2D eigenvalue weighted by Crippen LogP contribution is 2.23. The lowest BCUT2D eigenvalue weighted by Crippen LogP contribution is -2.40. The number of anilines is 2. The molecule has 1 amide bonds. The number of piperidine rings is 1. The molecule has 0 unspecified atom stereocenters. The summed E-state index contributed by atoms with van der Waals surface area (Å²) in [6.45, 7) is 5.05. The van der Waals surface area contributed by atoms with E-state index >= 15 is 0 Å². The third kappa shape index (κ3) is 4.97. The summed E-state index contributed by atoms with van der Waals surface area (Å²) in [6, 6.07) is 5.79. The van der Waals surface area contributed by atoms with Crippen molar-refractivity contribution in [2.24, 2.45) is 0 Å². The maximum absolute atomic E-state index is 12.6. The number of halogens is 1. The highest BCUT2D eigenvalue weighted by atomic mass is 35.5. The summed E-state index contributed by atoms with van der Waals surface area (Å²) < 4.78 is 5.30. The number of hydrogen-bond donors (Lipinski definition) is 1. The first-order valence-corrected chi connectivity index (χ1v) is 10.5. The molecule has 29 heavy (non-hydrogen) atoms. The van der Waals surface area contributed by atoms with Gasteiger partial charge in [-0.25, -0.2) is 9.97 Å². The Bertz CT molecular complexity index is 851. The van der Waals surface area contributed by atoms with Crippen molar-refractivity contribution in [1.29, 1.82) is 0 Å². The van der Waals surface area contributed by atoms with Gasteiger partial charge < -0.3 is 19.9 Å². The van der Waals surface area contributed by atoms with Gasteiger partial charge >= 0.3 is 0 Å². The van der Waals surface area contributed by atoms with E-state index in [-0.39, 0.29) is 5.91 Å². The van der Waals surface area contributed by atoms with E-state index in [9.17, 15) is 4.79 Å². The Hall–Kier alpha value is -2.38. The van der Waals surface area contributed by atoms with Crippen LogP contribution in [0, 0.1) is 0 Å². The summed E-state index contributed by atoms with van der Waals surface area (Å²) >= 11 is 6.39. The Morgan fingerprint density at radius 2 is 1.90 bits per heavy atom. The minimum Gasteiger partial charge on any atom is -0.378 e. The lowest BCUT2D eigenvalue weighted by molar-refractivity contribution is 0.0302. The number of carbonyl (C=O) groups is 1. The Balaban J connectivity index is 1.39. The SMILES string of the molecule is O=C(c1cnc(NCc2ccnc(N3CCCCC3)c2)c(Cl)c1)N1CCOCC1. The van der Waals surface area contributed by atoms with Gasteiger partial charge in [-0.05, 0) is 43.0 Å². The smallest absolute Gasteiger partial charge is 0.255 e. The van der Waals surface area contributed by atoms with Gasteiger partial charge in [-0.1, -0.05) is 11.6 Å². The van der Waals surface area contributed by atoms with Crippen LogP contribution in [0.1, 0.15) is 35.2 Å². The Labute approximate surface area is 176 Å². The number of pyridine rings is 2. The van der Waals surface area contributed by atoms with Crippen molar-refractivity contribution in [2.45, 2.75) is 25.8 Å². The zero-order valence-corrected chi connectivity index (χ0v) is 17.2. The summed E-state index contributed by atoms with van der Waals surface area (Å²) in [7, 11) is 0. The van der Waals surface area contributed by atoms with E-state index in [1.165, 1.54) is 19.3 Å². The fourth-order valence-corrected chi connectivity index (χ4v) is 3.92. The van der Waals surface area contributed by atoms with E-state index in [1.807, 2.05) is 12.3 Å². The van der Waals surface area contributed by atoms with Crippen LogP contribution in [0.3, 0.4) is 0 Å². The molecule has 2 saturated heterocycles. The van der Waals surface area contributed by atoms with Crippen LogP contribution < -0.4 is 10.2 Å². The number of nitrogens with zero attached hydrogens (tertiary/aromatic N) is 4. The molecule has 2 fully saturated rings. The van der Waals surface area contributed by atoms with E-state index < -0.39 is 0 Å². The number of morpholine rings is 1. The van der Waals surface area contributed by atoms with Crippen molar-refractivity contribution < 1.29 is 9.53 Å². The van der Waals surface area contributed by atoms with Gasteiger partial charge in [0.15, 0.2) is 0 Å². The maximum atomic E-state index is 12.6. The van der Waals surface area contributed by atoms with E-state index in [2.05, 4.69) is 26.3 Å². The van der Waals surface area contributed by atoms with E-state index in [4.69, 9.17) is 16.3 Å². The van der Waals surface area contributed by atoms with Crippen LogP contribution in [0.2, 0.25) is 5.02 Å². The molecule has 1 N–H and O–H groups in total. The van der Waals surface area contributed by atoms with Gasteiger partial charge in [0.05, 0.1) is 23.8 Å². The molecule has 2 aromatic rings. The predicted octanol–water partition coefficient (Wildman–Crippen LogP) is 3.20. The lowest BCUT2D eigenvalue weighted by atomic mass is 10.1. The zero-order chi connectivity index (χ0) is 20.1. The zero-order valence-electron chi connectivity index (χ0n) is 16.4. The molecule has 2 aliphatic rings. The molecule has 7 nitrogen and oxygen atoms in total. The van der Waals surface area contributed by atoms with Gasteiger partial charge in [0.25, 0.3) is 5.91 Å². The number of amides is 1. The molecule has 8 heteroatoms. The third-order valence-corrected chi connectivity index (χ3v) is 5.62. The first-order chi connectivity index (χ1) is 14.2. The molecule has 0 saturated carbocycles. The van der Waals surface area contributed by atoms with Crippen molar-refractivity contribution in [3.05, 3.63) is 46.7 Å². The number of aromatic nitrogens is 2. The number of nitrogens with one attached hydrogen (secondary N) is 1. The number of ether oxygens (including phenoxy) is 1. The number of rotatable bonds is 5. The summed E-state index contributed by atoms with van der Waals surface area (Å²) in [5.41, 5.74) is 1.62. The molecule has 2 aliphatic heterocycles. The molecule has 0 atom stereocenters. The molecule has 0 aromatic carbocycles. The van der Waals surface area contributed by atoms with E-state index in [1.54, 1.807) is 17.2 Å². The van der Waals surface area contributed by atoms with Crippen molar-refractivity contribution in [3.8, 4) is 0 Å². The average Bonchev–Trinajstić information content (AvgIpc) is 2.79. The van der Waals surface area contributed by atoms with Gasteiger partial charge in [-0.3, -0.25) is 4.79 Å². The molecule has 4 heterocycles. The van der Waals surface area contributed by atoms with Gasteiger partial charge in [0.2, 0.25) is 0 Å². The van der Waals surface area contributed by atoms with Gasteiger partial charge in [-0.15, -0.1) is 0 Å². The number of carbonyl (C=O) groups excluding carboxylic acids is 1. The standard InChI is InChI=1S/C21H26ClN5O2/c22-18-13-17(21(28)27-8-10-29-11-9-27)15-25-20(18)24-14-16-4-5-23-19(12-16)26-6-2-1-3-7-26/h4-5,12-13,15H,1-3,6-11,14H2,(H,24,25). The normalized spacial score (nSPS) is 17.3. The van der Waals surface area contributed by atoms with E-state index in [0.29, 0.717) is 49.3 Å². The summed E-state index contributed by atoms with van der Waals surface area (Å²) in [5, 5.41) is 3.71. The van der Waals surface area contributed by atoms with Crippen LogP contribution in [0.5, 0.6) is 0 Å².